The second-order valence-corrected chi connectivity index (χ2v) is 7.35. The predicted molar refractivity (Wildman–Crippen MR) is 97.6 cm³/mol. The third-order valence-corrected chi connectivity index (χ3v) is 4.96. The normalized spacial score (nSPS) is 34.5. The van der Waals surface area contributed by atoms with Crippen LogP contribution < -0.4 is 0 Å². The van der Waals surface area contributed by atoms with Gasteiger partial charge in [-0.3, -0.25) is 0 Å². The summed E-state index contributed by atoms with van der Waals surface area (Å²) in [6.07, 6.45) is 8.87. The molecule has 0 saturated heterocycles. The van der Waals surface area contributed by atoms with E-state index in [4.69, 9.17) is 0 Å². The molecule has 4 N–H and O–H groups in total. The zero-order chi connectivity index (χ0) is 18.2. The van der Waals surface area contributed by atoms with Crippen molar-refractivity contribution >= 4 is 0 Å². The van der Waals surface area contributed by atoms with Crippen LogP contribution in [0, 0.1) is 5.92 Å². The summed E-state index contributed by atoms with van der Waals surface area (Å²) in [5.41, 5.74) is 1.89. The fourth-order valence-electron chi connectivity index (χ4n) is 2.91. The molecule has 24 heavy (non-hydrogen) atoms. The lowest BCUT2D eigenvalue weighted by atomic mass is 9.85. The Kier molecular flexibility index (Phi) is 8.92. The molecule has 1 rings (SSSR count). The van der Waals surface area contributed by atoms with E-state index in [1.807, 2.05) is 18.2 Å². The van der Waals surface area contributed by atoms with E-state index in [1.54, 1.807) is 6.92 Å². The Hall–Kier alpha value is -0.940. The highest BCUT2D eigenvalue weighted by molar-refractivity contribution is 5.20. The van der Waals surface area contributed by atoms with Gasteiger partial charge in [0.05, 0.1) is 24.9 Å². The summed E-state index contributed by atoms with van der Waals surface area (Å²) in [6.45, 7) is 5.90. The molecular formula is C20H34O4. The Labute approximate surface area is 146 Å². The maximum absolute atomic E-state index is 10.6. The van der Waals surface area contributed by atoms with Crippen molar-refractivity contribution in [3.05, 3.63) is 34.9 Å². The summed E-state index contributed by atoms with van der Waals surface area (Å²) in [4.78, 5) is 0. The van der Waals surface area contributed by atoms with Crippen molar-refractivity contribution < 1.29 is 20.4 Å². The molecule has 4 heteroatoms. The van der Waals surface area contributed by atoms with Crippen molar-refractivity contribution in [3.63, 3.8) is 0 Å². The van der Waals surface area contributed by atoms with E-state index < -0.39 is 11.7 Å². The Morgan fingerprint density at radius 1 is 1.08 bits per heavy atom. The quantitative estimate of drug-likeness (QED) is 0.597. The molecule has 0 radical (unpaired) electrons. The molecule has 0 aromatic carbocycles. The van der Waals surface area contributed by atoms with Gasteiger partial charge in [0.15, 0.2) is 0 Å². The fraction of sp³-hybridized carbons (Fsp3) is 0.700. The molecule has 4 nitrogen and oxygen atoms in total. The van der Waals surface area contributed by atoms with Gasteiger partial charge in [-0.2, -0.15) is 0 Å². The SMILES string of the molecule is CC(C)/C1=C/C=C(\CO)CC/C=C(\CO)CC[C@H](O)[C@@](C)(O)CC1. The second kappa shape index (κ2) is 10.1. The molecule has 0 fully saturated rings. The molecule has 0 saturated carbocycles. The molecule has 0 aliphatic heterocycles. The van der Waals surface area contributed by atoms with Crippen molar-refractivity contribution in [2.75, 3.05) is 13.2 Å². The zero-order valence-corrected chi connectivity index (χ0v) is 15.3. The number of allylic oxidation sites excluding steroid dienone is 4. The van der Waals surface area contributed by atoms with E-state index in [9.17, 15) is 20.4 Å². The molecule has 0 heterocycles. The molecule has 0 amide bonds. The van der Waals surface area contributed by atoms with Gasteiger partial charge in [0.2, 0.25) is 0 Å². The maximum Gasteiger partial charge on any atom is 0.0880 e. The van der Waals surface area contributed by atoms with E-state index in [0.717, 1.165) is 24.0 Å². The maximum atomic E-state index is 10.6. The first-order chi connectivity index (χ1) is 11.3. The lowest BCUT2D eigenvalue weighted by molar-refractivity contribution is -0.0698. The third-order valence-electron chi connectivity index (χ3n) is 4.96. The fourth-order valence-corrected chi connectivity index (χ4v) is 2.91. The summed E-state index contributed by atoms with van der Waals surface area (Å²) in [5, 5.41) is 39.9. The van der Waals surface area contributed by atoms with Gasteiger partial charge in [0.25, 0.3) is 0 Å². The van der Waals surface area contributed by atoms with Crippen LogP contribution in [0.25, 0.3) is 0 Å². The standard InChI is InChI=1S/C20H34O4/c1-15(2)18-9-7-16(13-21)5-4-6-17(14-22)8-10-19(23)20(3,24)12-11-18/h6-7,9,15,19,21-24H,4-5,8,10-14H2,1-3H3/b16-7-,17-6-,18-9+/t19-,20-/m0/s1. The van der Waals surface area contributed by atoms with Gasteiger partial charge < -0.3 is 20.4 Å². The van der Waals surface area contributed by atoms with Crippen LogP contribution in [0.15, 0.2) is 34.9 Å². The third kappa shape index (κ3) is 6.89. The van der Waals surface area contributed by atoms with Crippen LogP contribution in [0.3, 0.4) is 0 Å². The highest BCUT2D eigenvalue weighted by Crippen LogP contribution is 2.27. The highest BCUT2D eigenvalue weighted by Gasteiger charge is 2.30. The Morgan fingerprint density at radius 3 is 2.33 bits per heavy atom. The molecule has 1 aliphatic carbocycles. The zero-order valence-electron chi connectivity index (χ0n) is 15.3. The molecular weight excluding hydrogens is 304 g/mol. The summed E-state index contributed by atoms with van der Waals surface area (Å²) in [5.74, 6) is 0.350. The number of aliphatic hydroxyl groups excluding tert-OH is 3. The first kappa shape index (κ1) is 21.1. The average molecular weight is 338 g/mol. The molecule has 0 aromatic heterocycles. The smallest absolute Gasteiger partial charge is 0.0880 e. The van der Waals surface area contributed by atoms with Crippen LogP contribution in [0.2, 0.25) is 0 Å². The van der Waals surface area contributed by atoms with Crippen molar-refractivity contribution in [2.24, 2.45) is 5.92 Å². The Morgan fingerprint density at radius 2 is 1.75 bits per heavy atom. The van der Waals surface area contributed by atoms with E-state index in [1.165, 1.54) is 5.57 Å². The van der Waals surface area contributed by atoms with Crippen LogP contribution in [0.5, 0.6) is 0 Å². The van der Waals surface area contributed by atoms with Crippen molar-refractivity contribution in [1.29, 1.82) is 0 Å². The molecule has 0 unspecified atom stereocenters. The summed E-state index contributed by atoms with van der Waals surface area (Å²) in [6, 6.07) is 0. The van der Waals surface area contributed by atoms with Crippen LogP contribution in [0.1, 0.15) is 59.3 Å². The number of hydrogen-bond acceptors (Lipinski definition) is 4. The lowest BCUT2D eigenvalue weighted by Gasteiger charge is -2.30. The van der Waals surface area contributed by atoms with Gasteiger partial charge in [-0.25, -0.2) is 0 Å². The number of rotatable bonds is 3. The van der Waals surface area contributed by atoms with E-state index in [0.29, 0.717) is 31.6 Å². The molecule has 0 spiro atoms. The molecule has 0 aromatic rings. The van der Waals surface area contributed by atoms with Gasteiger partial charge in [0, 0.05) is 0 Å². The van der Waals surface area contributed by atoms with Gasteiger partial charge in [0.1, 0.15) is 0 Å². The average Bonchev–Trinajstić information content (AvgIpc) is 2.54. The van der Waals surface area contributed by atoms with Crippen LogP contribution in [-0.4, -0.2) is 45.3 Å². The minimum absolute atomic E-state index is 0.0284. The minimum Gasteiger partial charge on any atom is -0.392 e. The second-order valence-electron chi connectivity index (χ2n) is 7.35. The summed E-state index contributed by atoms with van der Waals surface area (Å²) < 4.78 is 0. The van der Waals surface area contributed by atoms with Crippen LogP contribution >= 0.6 is 0 Å². The van der Waals surface area contributed by atoms with Crippen molar-refractivity contribution in [1.82, 2.24) is 0 Å². The first-order valence-electron chi connectivity index (χ1n) is 8.98. The Balaban J connectivity index is 3.07. The minimum atomic E-state index is -1.15. The predicted octanol–water partition coefficient (Wildman–Crippen LogP) is 2.87. The topological polar surface area (TPSA) is 80.9 Å². The molecule has 138 valence electrons. The van der Waals surface area contributed by atoms with Crippen molar-refractivity contribution in [2.45, 2.75) is 71.0 Å². The van der Waals surface area contributed by atoms with E-state index >= 15 is 0 Å². The van der Waals surface area contributed by atoms with Gasteiger partial charge >= 0.3 is 0 Å². The molecule has 0 bridgehead atoms. The summed E-state index contributed by atoms with van der Waals surface area (Å²) >= 11 is 0. The Bertz CT molecular complexity index is 472. The van der Waals surface area contributed by atoms with Crippen LogP contribution in [0.4, 0.5) is 0 Å². The van der Waals surface area contributed by atoms with Gasteiger partial charge in [-0.15, -0.1) is 0 Å². The molecule has 2 atom stereocenters. The lowest BCUT2D eigenvalue weighted by Crippen LogP contribution is -2.39. The highest BCUT2D eigenvalue weighted by atomic mass is 16.3. The van der Waals surface area contributed by atoms with Crippen LogP contribution in [-0.2, 0) is 0 Å². The first-order valence-corrected chi connectivity index (χ1v) is 8.98. The van der Waals surface area contributed by atoms with E-state index in [2.05, 4.69) is 13.8 Å². The summed E-state index contributed by atoms with van der Waals surface area (Å²) in [7, 11) is 0. The largest absolute Gasteiger partial charge is 0.392 e. The molecule has 1 aliphatic rings. The number of aliphatic hydroxyl groups is 4. The van der Waals surface area contributed by atoms with Gasteiger partial charge in [-0.1, -0.05) is 37.6 Å². The van der Waals surface area contributed by atoms with Gasteiger partial charge in [-0.05, 0) is 62.5 Å². The van der Waals surface area contributed by atoms with E-state index in [-0.39, 0.29) is 13.2 Å². The number of hydrogen-bond donors (Lipinski definition) is 4. The monoisotopic (exact) mass is 338 g/mol. The van der Waals surface area contributed by atoms with Crippen molar-refractivity contribution in [3.8, 4) is 0 Å².